The first kappa shape index (κ1) is 17.5. The molecular formula is C19H22N2O3. The quantitative estimate of drug-likeness (QED) is 0.632. The molecule has 0 radical (unpaired) electrons. The monoisotopic (exact) mass is 326 g/mol. The molecule has 0 heterocycles. The van der Waals surface area contributed by atoms with E-state index in [9.17, 15) is 9.59 Å². The lowest BCUT2D eigenvalue weighted by Gasteiger charge is -2.09. The van der Waals surface area contributed by atoms with Gasteiger partial charge in [0.15, 0.2) is 0 Å². The lowest BCUT2D eigenvalue weighted by atomic mass is 10.1. The van der Waals surface area contributed by atoms with Crippen molar-refractivity contribution in [2.45, 2.75) is 26.7 Å². The van der Waals surface area contributed by atoms with Gasteiger partial charge in [-0.1, -0.05) is 37.1 Å². The molecule has 0 bridgehead atoms. The molecule has 2 N–H and O–H groups in total. The lowest BCUT2D eigenvalue weighted by Crippen LogP contribution is -2.41. The van der Waals surface area contributed by atoms with Gasteiger partial charge in [0.1, 0.15) is 5.75 Å². The Balaban J connectivity index is 1.91. The summed E-state index contributed by atoms with van der Waals surface area (Å²) in [5.41, 5.74) is 6.79. The van der Waals surface area contributed by atoms with Crippen molar-refractivity contribution in [3.63, 3.8) is 0 Å². The maximum atomic E-state index is 12.1. The molecule has 0 spiro atoms. The maximum Gasteiger partial charge on any atom is 0.269 e. The van der Waals surface area contributed by atoms with E-state index in [-0.39, 0.29) is 5.91 Å². The average molecular weight is 326 g/mol. The van der Waals surface area contributed by atoms with Gasteiger partial charge in [0.25, 0.3) is 11.8 Å². The Kier molecular flexibility index (Phi) is 6.37. The SMILES string of the molecule is CCCCOc1cccc(C(=O)NNC(=O)c2ccc(C)cc2)c1. The number of amides is 2. The van der Waals surface area contributed by atoms with Crippen LogP contribution in [0.1, 0.15) is 46.0 Å². The number of hydrogen-bond donors (Lipinski definition) is 2. The highest BCUT2D eigenvalue weighted by molar-refractivity contribution is 5.99. The van der Waals surface area contributed by atoms with Crippen LogP contribution in [-0.2, 0) is 0 Å². The molecule has 0 saturated heterocycles. The second-order valence-electron chi connectivity index (χ2n) is 5.50. The van der Waals surface area contributed by atoms with Crippen LogP contribution >= 0.6 is 0 Å². The first-order chi connectivity index (χ1) is 11.6. The molecule has 0 aliphatic rings. The van der Waals surface area contributed by atoms with Crippen molar-refractivity contribution in [3.05, 3.63) is 65.2 Å². The third-order valence-electron chi connectivity index (χ3n) is 3.47. The summed E-state index contributed by atoms with van der Waals surface area (Å²) in [7, 11) is 0. The first-order valence-electron chi connectivity index (χ1n) is 8.00. The molecule has 2 aromatic rings. The molecule has 2 aromatic carbocycles. The van der Waals surface area contributed by atoms with Gasteiger partial charge in [-0.2, -0.15) is 0 Å². The highest BCUT2D eigenvalue weighted by atomic mass is 16.5. The molecule has 0 aliphatic carbocycles. The van der Waals surface area contributed by atoms with Gasteiger partial charge < -0.3 is 4.74 Å². The molecule has 5 nitrogen and oxygen atoms in total. The van der Waals surface area contributed by atoms with Crippen LogP contribution in [0.15, 0.2) is 48.5 Å². The van der Waals surface area contributed by atoms with E-state index in [4.69, 9.17) is 4.74 Å². The van der Waals surface area contributed by atoms with E-state index in [1.54, 1.807) is 36.4 Å². The van der Waals surface area contributed by atoms with Gasteiger partial charge in [0, 0.05) is 11.1 Å². The Morgan fingerprint density at radius 2 is 1.62 bits per heavy atom. The molecule has 126 valence electrons. The Hall–Kier alpha value is -2.82. The Bertz CT molecular complexity index is 696. The number of rotatable bonds is 6. The van der Waals surface area contributed by atoms with Gasteiger partial charge >= 0.3 is 0 Å². The van der Waals surface area contributed by atoms with Crippen LogP contribution in [0.2, 0.25) is 0 Å². The summed E-state index contributed by atoms with van der Waals surface area (Å²) in [6.07, 6.45) is 2.01. The van der Waals surface area contributed by atoms with E-state index in [1.165, 1.54) is 0 Å². The molecule has 5 heteroatoms. The summed E-state index contributed by atoms with van der Waals surface area (Å²) in [5.74, 6) is -0.115. The first-order valence-corrected chi connectivity index (χ1v) is 8.00. The fraction of sp³-hybridized carbons (Fsp3) is 0.263. The average Bonchev–Trinajstić information content (AvgIpc) is 2.60. The summed E-state index contributed by atoms with van der Waals surface area (Å²) in [6, 6.07) is 14.0. The van der Waals surface area contributed by atoms with Crippen molar-refractivity contribution in [3.8, 4) is 5.75 Å². The number of unbranched alkanes of at least 4 members (excludes halogenated alkanes) is 1. The van der Waals surface area contributed by atoms with Crippen molar-refractivity contribution in [2.24, 2.45) is 0 Å². The predicted octanol–water partition coefficient (Wildman–Crippen LogP) is 3.25. The van der Waals surface area contributed by atoms with E-state index < -0.39 is 5.91 Å². The van der Waals surface area contributed by atoms with Gasteiger partial charge in [-0.3, -0.25) is 20.4 Å². The van der Waals surface area contributed by atoms with Gasteiger partial charge in [0.05, 0.1) is 6.61 Å². The Morgan fingerprint density at radius 1 is 0.958 bits per heavy atom. The minimum absolute atomic E-state index is 0.362. The third-order valence-corrected chi connectivity index (χ3v) is 3.47. The fourth-order valence-corrected chi connectivity index (χ4v) is 2.02. The van der Waals surface area contributed by atoms with E-state index >= 15 is 0 Å². The molecule has 0 saturated carbocycles. The van der Waals surface area contributed by atoms with Crippen LogP contribution in [0.4, 0.5) is 0 Å². The van der Waals surface area contributed by atoms with Crippen molar-refractivity contribution >= 4 is 11.8 Å². The number of nitrogens with one attached hydrogen (secondary N) is 2. The zero-order valence-corrected chi connectivity index (χ0v) is 14.0. The summed E-state index contributed by atoms with van der Waals surface area (Å²) >= 11 is 0. The van der Waals surface area contributed by atoms with Gasteiger partial charge in [-0.05, 0) is 43.7 Å². The molecule has 2 rings (SSSR count). The molecule has 2 amide bonds. The maximum absolute atomic E-state index is 12.1. The summed E-state index contributed by atoms with van der Waals surface area (Å²) in [4.78, 5) is 24.1. The second kappa shape index (κ2) is 8.72. The Morgan fingerprint density at radius 3 is 2.29 bits per heavy atom. The Labute approximate surface area is 142 Å². The molecule has 0 unspecified atom stereocenters. The van der Waals surface area contributed by atoms with Crippen LogP contribution in [0.25, 0.3) is 0 Å². The number of carbonyl (C=O) groups excluding carboxylic acids is 2. The lowest BCUT2D eigenvalue weighted by molar-refractivity contribution is 0.0846. The van der Waals surface area contributed by atoms with Gasteiger partial charge in [-0.15, -0.1) is 0 Å². The van der Waals surface area contributed by atoms with Crippen LogP contribution < -0.4 is 15.6 Å². The number of carbonyl (C=O) groups is 2. The van der Waals surface area contributed by atoms with Crippen molar-refractivity contribution in [1.82, 2.24) is 10.9 Å². The van der Waals surface area contributed by atoms with Crippen molar-refractivity contribution in [1.29, 1.82) is 0 Å². The van der Waals surface area contributed by atoms with Crippen LogP contribution in [0, 0.1) is 6.92 Å². The number of benzene rings is 2. The third kappa shape index (κ3) is 5.12. The molecule has 0 aromatic heterocycles. The summed E-state index contributed by atoms with van der Waals surface area (Å²) in [5, 5.41) is 0. The van der Waals surface area contributed by atoms with Crippen molar-refractivity contribution in [2.75, 3.05) is 6.61 Å². The standard InChI is InChI=1S/C19H22N2O3/c1-3-4-12-24-17-7-5-6-16(13-17)19(23)21-20-18(22)15-10-8-14(2)9-11-15/h5-11,13H,3-4,12H2,1-2H3,(H,20,22)(H,21,23). The molecule has 24 heavy (non-hydrogen) atoms. The van der Waals surface area contributed by atoms with E-state index in [1.807, 2.05) is 19.1 Å². The molecule has 0 atom stereocenters. The van der Waals surface area contributed by atoms with Crippen LogP contribution in [-0.4, -0.2) is 18.4 Å². The minimum atomic E-state index is -0.392. The summed E-state index contributed by atoms with van der Waals surface area (Å²) in [6.45, 7) is 4.65. The fourth-order valence-electron chi connectivity index (χ4n) is 2.02. The highest BCUT2D eigenvalue weighted by Crippen LogP contribution is 2.13. The zero-order valence-electron chi connectivity index (χ0n) is 14.0. The van der Waals surface area contributed by atoms with Gasteiger partial charge in [0.2, 0.25) is 0 Å². The number of hydrogen-bond acceptors (Lipinski definition) is 3. The normalized spacial score (nSPS) is 10.1. The molecule has 0 aliphatic heterocycles. The topological polar surface area (TPSA) is 67.4 Å². The molecule has 0 fully saturated rings. The van der Waals surface area contributed by atoms with E-state index in [0.29, 0.717) is 23.5 Å². The van der Waals surface area contributed by atoms with E-state index in [0.717, 1.165) is 18.4 Å². The smallest absolute Gasteiger partial charge is 0.269 e. The number of aryl methyl sites for hydroxylation is 1. The summed E-state index contributed by atoms with van der Waals surface area (Å²) < 4.78 is 5.58. The van der Waals surface area contributed by atoms with Crippen molar-refractivity contribution < 1.29 is 14.3 Å². The minimum Gasteiger partial charge on any atom is -0.494 e. The second-order valence-corrected chi connectivity index (χ2v) is 5.50. The predicted molar refractivity (Wildman–Crippen MR) is 93.0 cm³/mol. The van der Waals surface area contributed by atoms with Gasteiger partial charge in [-0.25, -0.2) is 0 Å². The highest BCUT2D eigenvalue weighted by Gasteiger charge is 2.09. The largest absolute Gasteiger partial charge is 0.494 e. The number of hydrazine groups is 1. The molecular weight excluding hydrogens is 304 g/mol. The zero-order chi connectivity index (χ0) is 17.4. The number of ether oxygens (including phenoxy) is 1. The van der Waals surface area contributed by atoms with Crippen LogP contribution in [0.3, 0.4) is 0 Å². The van der Waals surface area contributed by atoms with E-state index in [2.05, 4.69) is 17.8 Å². The van der Waals surface area contributed by atoms with Crippen LogP contribution in [0.5, 0.6) is 5.75 Å².